The number of nitrogens with zero attached hydrogens (tertiary/aromatic N) is 1. The molecule has 0 radical (unpaired) electrons. The van der Waals surface area contributed by atoms with Crippen LogP contribution >= 0.6 is 11.3 Å². The molecule has 2 heterocycles. The summed E-state index contributed by atoms with van der Waals surface area (Å²) in [4.78, 5) is 14.0. The van der Waals surface area contributed by atoms with E-state index >= 15 is 0 Å². The lowest BCUT2D eigenvalue weighted by molar-refractivity contribution is 0.0926. The van der Waals surface area contributed by atoms with Gasteiger partial charge >= 0.3 is 0 Å². The average Bonchev–Trinajstić information content (AvgIpc) is 3.32. The second kappa shape index (κ2) is 7.90. The topological polar surface area (TPSA) is 66.5 Å². The minimum Gasteiger partial charge on any atom is -0.344 e. The van der Waals surface area contributed by atoms with Crippen molar-refractivity contribution in [3.05, 3.63) is 52.2 Å². The van der Waals surface area contributed by atoms with Crippen molar-refractivity contribution in [1.29, 1.82) is 0 Å². The fourth-order valence-electron chi connectivity index (χ4n) is 3.11. The molecule has 1 fully saturated rings. The van der Waals surface area contributed by atoms with Gasteiger partial charge in [-0.15, -0.1) is 11.3 Å². The summed E-state index contributed by atoms with van der Waals surface area (Å²) in [5, 5.41) is 5.05. The minimum atomic E-state index is -3.45. The van der Waals surface area contributed by atoms with E-state index in [1.165, 1.54) is 16.4 Å². The lowest BCUT2D eigenvalue weighted by Gasteiger charge is -2.21. The molecular formula is C19H24N2O3S2. The van der Waals surface area contributed by atoms with Gasteiger partial charge in [0.05, 0.1) is 10.9 Å². The van der Waals surface area contributed by atoms with Gasteiger partial charge in [0, 0.05) is 23.5 Å². The molecule has 0 spiro atoms. The molecule has 3 rings (SSSR count). The van der Waals surface area contributed by atoms with E-state index in [0.29, 0.717) is 18.7 Å². The first-order valence-electron chi connectivity index (χ1n) is 8.84. The van der Waals surface area contributed by atoms with Crippen molar-refractivity contribution in [3.8, 4) is 0 Å². The normalized spacial score (nSPS) is 16.7. The predicted octanol–water partition coefficient (Wildman–Crippen LogP) is 3.66. The molecule has 1 aromatic heterocycles. The van der Waals surface area contributed by atoms with Crippen molar-refractivity contribution in [2.75, 3.05) is 13.1 Å². The lowest BCUT2D eigenvalue weighted by Crippen LogP contribution is -2.31. The van der Waals surface area contributed by atoms with Crippen LogP contribution in [-0.2, 0) is 10.0 Å². The Kier molecular flexibility index (Phi) is 5.79. The molecular weight excluding hydrogens is 368 g/mol. The zero-order valence-corrected chi connectivity index (χ0v) is 16.6. The Balaban J connectivity index is 1.74. The first kappa shape index (κ1) is 19.1. The SMILES string of the molecule is CC(C)[C@@H](NC(=O)c1ccc(S(=O)(=O)N2CCCC2)cc1)c1cccs1. The van der Waals surface area contributed by atoms with E-state index in [0.717, 1.165) is 17.7 Å². The molecule has 1 N–H and O–H groups in total. The van der Waals surface area contributed by atoms with Gasteiger partial charge < -0.3 is 5.32 Å². The fraction of sp³-hybridized carbons (Fsp3) is 0.421. The monoisotopic (exact) mass is 392 g/mol. The summed E-state index contributed by atoms with van der Waals surface area (Å²) in [7, 11) is -3.45. The molecule has 7 heteroatoms. The highest BCUT2D eigenvalue weighted by Crippen LogP contribution is 2.26. The highest BCUT2D eigenvalue weighted by molar-refractivity contribution is 7.89. The number of rotatable bonds is 6. The maximum atomic E-state index is 12.6. The number of amides is 1. The molecule has 1 atom stereocenters. The number of thiophene rings is 1. The van der Waals surface area contributed by atoms with Crippen LogP contribution in [0, 0.1) is 5.92 Å². The minimum absolute atomic E-state index is 0.0597. The van der Waals surface area contributed by atoms with Crippen molar-refractivity contribution in [2.45, 2.75) is 37.6 Å². The molecule has 0 unspecified atom stereocenters. The van der Waals surface area contributed by atoms with Gasteiger partial charge in [-0.1, -0.05) is 19.9 Å². The summed E-state index contributed by atoms with van der Waals surface area (Å²) in [5.41, 5.74) is 0.465. The standard InChI is InChI=1S/C19H24N2O3S2/c1-14(2)18(17-6-5-13-25-17)20-19(22)15-7-9-16(10-8-15)26(23,24)21-11-3-4-12-21/h5-10,13-14,18H,3-4,11-12H2,1-2H3,(H,20,22)/t18-/m1/s1. The van der Waals surface area contributed by atoms with Crippen molar-refractivity contribution in [1.82, 2.24) is 9.62 Å². The molecule has 2 aromatic rings. The smallest absolute Gasteiger partial charge is 0.251 e. The third-order valence-corrected chi connectivity index (χ3v) is 7.49. The van der Waals surface area contributed by atoms with Gasteiger partial charge in [-0.3, -0.25) is 4.79 Å². The third-order valence-electron chi connectivity index (χ3n) is 4.62. The van der Waals surface area contributed by atoms with E-state index in [4.69, 9.17) is 0 Å². The maximum absolute atomic E-state index is 12.6. The van der Waals surface area contributed by atoms with Crippen LogP contribution in [-0.4, -0.2) is 31.7 Å². The van der Waals surface area contributed by atoms with E-state index < -0.39 is 10.0 Å². The highest BCUT2D eigenvalue weighted by Gasteiger charge is 2.27. The highest BCUT2D eigenvalue weighted by atomic mass is 32.2. The summed E-state index contributed by atoms with van der Waals surface area (Å²) in [6.45, 7) is 5.27. The van der Waals surface area contributed by atoms with Crippen molar-refractivity contribution >= 4 is 27.3 Å². The Morgan fingerprint density at radius 3 is 2.31 bits per heavy atom. The van der Waals surface area contributed by atoms with Gasteiger partial charge in [0.1, 0.15) is 0 Å². The van der Waals surface area contributed by atoms with Gasteiger partial charge in [-0.2, -0.15) is 4.31 Å². The third kappa shape index (κ3) is 4.00. The number of hydrogen-bond donors (Lipinski definition) is 1. The second-order valence-corrected chi connectivity index (χ2v) is 9.76. The van der Waals surface area contributed by atoms with Crippen molar-refractivity contribution in [3.63, 3.8) is 0 Å². The molecule has 1 aliphatic rings. The van der Waals surface area contributed by atoms with Crippen LogP contribution in [0.25, 0.3) is 0 Å². The quantitative estimate of drug-likeness (QED) is 0.816. The van der Waals surface area contributed by atoms with Crippen LogP contribution in [0.1, 0.15) is 48.0 Å². The predicted molar refractivity (Wildman–Crippen MR) is 104 cm³/mol. The van der Waals surface area contributed by atoms with Gasteiger partial charge in [0.25, 0.3) is 5.91 Å². The van der Waals surface area contributed by atoms with Crippen molar-refractivity contribution in [2.24, 2.45) is 5.92 Å². The van der Waals surface area contributed by atoms with Gasteiger partial charge in [-0.25, -0.2) is 8.42 Å². The number of nitrogens with one attached hydrogen (secondary N) is 1. The number of carbonyl (C=O) groups is 1. The zero-order valence-electron chi connectivity index (χ0n) is 15.0. The Labute approximate surface area is 159 Å². The van der Waals surface area contributed by atoms with E-state index in [1.54, 1.807) is 23.5 Å². The fourth-order valence-corrected chi connectivity index (χ4v) is 5.58. The summed E-state index contributed by atoms with van der Waals surface area (Å²) in [5.74, 6) is 0.0645. The second-order valence-electron chi connectivity index (χ2n) is 6.85. The first-order chi connectivity index (χ1) is 12.4. The van der Waals surface area contributed by atoms with E-state index in [9.17, 15) is 13.2 Å². The van der Waals surface area contributed by atoms with Crippen molar-refractivity contribution < 1.29 is 13.2 Å². The molecule has 0 bridgehead atoms. The average molecular weight is 393 g/mol. The molecule has 1 aliphatic heterocycles. The van der Waals surface area contributed by atoms with Crippen LogP contribution in [0.5, 0.6) is 0 Å². The lowest BCUT2D eigenvalue weighted by atomic mass is 10.0. The van der Waals surface area contributed by atoms with E-state index in [-0.39, 0.29) is 22.8 Å². The maximum Gasteiger partial charge on any atom is 0.251 e. The number of sulfonamides is 1. The Bertz CT molecular complexity index is 837. The number of carbonyl (C=O) groups excluding carboxylic acids is 1. The molecule has 0 aliphatic carbocycles. The summed E-state index contributed by atoms with van der Waals surface area (Å²) < 4.78 is 26.6. The zero-order chi connectivity index (χ0) is 18.7. The van der Waals surface area contributed by atoms with Crippen LogP contribution in [0.2, 0.25) is 0 Å². The van der Waals surface area contributed by atoms with Gasteiger partial charge in [0.2, 0.25) is 10.0 Å². The molecule has 140 valence electrons. The van der Waals surface area contributed by atoms with Crippen LogP contribution in [0.4, 0.5) is 0 Å². The first-order valence-corrected chi connectivity index (χ1v) is 11.2. The Hall–Kier alpha value is -1.70. The molecule has 1 amide bonds. The molecule has 1 aromatic carbocycles. The largest absolute Gasteiger partial charge is 0.344 e. The van der Waals surface area contributed by atoms with Crippen LogP contribution < -0.4 is 5.32 Å². The Morgan fingerprint density at radius 2 is 1.77 bits per heavy atom. The van der Waals surface area contributed by atoms with Gasteiger partial charge in [-0.05, 0) is 54.5 Å². The molecule has 0 saturated carbocycles. The number of benzene rings is 1. The Morgan fingerprint density at radius 1 is 1.12 bits per heavy atom. The van der Waals surface area contributed by atoms with E-state index in [1.807, 2.05) is 17.5 Å². The van der Waals surface area contributed by atoms with Crippen LogP contribution in [0.15, 0.2) is 46.7 Å². The van der Waals surface area contributed by atoms with Gasteiger partial charge in [0.15, 0.2) is 0 Å². The summed E-state index contributed by atoms with van der Waals surface area (Å²) in [6.07, 6.45) is 1.80. The summed E-state index contributed by atoms with van der Waals surface area (Å²) in [6, 6.07) is 10.2. The molecule has 26 heavy (non-hydrogen) atoms. The van der Waals surface area contributed by atoms with E-state index in [2.05, 4.69) is 19.2 Å². The molecule has 1 saturated heterocycles. The summed E-state index contributed by atoms with van der Waals surface area (Å²) >= 11 is 1.62. The molecule has 5 nitrogen and oxygen atoms in total. The van der Waals surface area contributed by atoms with Crippen LogP contribution in [0.3, 0.4) is 0 Å². The number of hydrogen-bond acceptors (Lipinski definition) is 4.